The number of hydrogen-bond acceptors (Lipinski definition) is 2. The lowest BCUT2D eigenvalue weighted by Gasteiger charge is -2.51. The summed E-state index contributed by atoms with van der Waals surface area (Å²) in [5, 5.41) is 0. The molecule has 0 radical (unpaired) electrons. The van der Waals surface area contributed by atoms with E-state index in [0.717, 1.165) is 11.0 Å². The largest absolute Gasteiger partial charge is 0.418 e. The third-order valence-electron chi connectivity index (χ3n) is 6.12. The number of halogens is 3. The van der Waals surface area contributed by atoms with Gasteiger partial charge in [0, 0.05) is 0 Å². The lowest BCUT2D eigenvalue weighted by molar-refractivity contribution is -0.137. The van der Waals surface area contributed by atoms with Crippen LogP contribution in [-0.4, -0.2) is 11.8 Å². The van der Waals surface area contributed by atoms with Gasteiger partial charge in [-0.2, -0.15) is 13.2 Å². The van der Waals surface area contributed by atoms with Gasteiger partial charge in [-0.1, -0.05) is 36.4 Å². The van der Waals surface area contributed by atoms with Crippen molar-refractivity contribution in [2.45, 2.75) is 6.18 Å². The number of hydrogen-bond donors (Lipinski definition) is 0. The van der Waals surface area contributed by atoms with E-state index in [4.69, 9.17) is 0 Å². The van der Waals surface area contributed by atoms with Crippen molar-refractivity contribution in [3.05, 3.63) is 54.1 Å². The first kappa shape index (κ1) is 14.9. The summed E-state index contributed by atoms with van der Waals surface area (Å²) in [4.78, 5) is 26.7. The van der Waals surface area contributed by atoms with Crippen molar-refractivity contribution >= 4 is 17.5 Å². The molecule has 0 aromatic heterocycles. The van der Waals surface area contributed by atoms with Gasteiger partial charge in [-0.05, 0) is 35.8 Å². The highest BCUT2D eigenvalue weighted by Crippen LogP contribution is 2.59. The second-order valence-corrected chi connectivity index (χ2v) is 7.16. The van der Waals surface area contributed by atoms with Gasteiger partial charge in [-0.15, -0.1) is 0 Å². The summed E-state index contributed by atoms with van der Waals surface area (Å²) in [6.07, 6.45) is 3.42. The number of imide groups is 1. The van der Waals surface area contributed by atoms with Gasteiger partial charge < -0.3 is 0 Å². The van der Waals surface area contributed by atoms with Crippen LogP contribution in [0.1, 0.15) is 5.56 Å². The SMILES string of the molecule is O=C1[C@@H]2C3C=CC(C4C=CC43)[C@@H]2C(=O)N1c1ccccc1C(F)(F)F. The van der Waals surface area contributed by atoms with E-state index in [0.29, 0.717) is 0 Å². The van der Waals surface area contributed by atoms with Gasteiger partial charge in [0.2, 0.25) is 11.8 Å². The first-order valence-corrected chi connectivity index (χ1v) is 8.30. The molecule has 4 unspecified atom stereocenters. The summed E-state index contributed by atoms with van der Waals surface area (Å²) in [6.45, 7) is 0. The maximum absolute atomic E-state index is 13.4. The Morgan fingerprint density at radius 1 is 0.760 bits per heavy atom. The van der Waals surface area contributed by atoms with E-state index in [1.54, 1.807) is 0 Å². The molecule has 6 rings (SSSR count). The predicted molar refractivity (Wildman–Crippen MR) is 83.2 cm³/mol. The molecular weight excluding hydrogens is 331 g/mol. The van der Waals surface area contributed by atoms with Crippen molar-refractivity contribution in [3.8, 4) is 0 Å². The molecule has 25 heavy (non-hydrogen) atoms. The second kappa shape index (κ2) is 4.62. The van der Waals surface area contributed by atoms with Gasteiger partial charge in [-0.25, -0.2) is 4.90 Å². The van der Waals surface area contributed by atoms with Crippen molar-refractivity contribution < 1.29 is 22.8 Å². The van der Waals surface area contributed by atoms with Crippen LogP contribution < -0.4 is 4.90 Å². The van der Waals surface area contributed by atoms with Crippen LogP contribution in [0.3, 0.4) is 0 Å². The Labute approximate surface area is 141 Å². The molecule has 2 amide bonds. The highest BCUT2D eigenvalue weighted by molar-refractivity contribution is 6.23. The number of amides is 2. The van der Waals surface area contributed by atoms with E-state index >= 15 is 0 Å². The maximum atomic E-state index is 13.4. The van der Waals surface area contributed by atoms with Gasteiger partial charge >= 0.3 is 6.18 Å². The van der Waals surface area contributed by atoms with Crippen LogP contribution in [0, 0.1) is 35.5 Å². The Bertz CT molecular complexity index is 816. The van der Waals surface area contributed by atoms with E-state index in [9.17, 15) is 22.8 Å². The molecule has 5 aliphatic rings. The third kappa shape index (κ3) is 1.77. The molecule has 1 heterocycles. The summed E-state index contributed by atoms with van der Waals surface area (Å²) < 4.78 is 40.1. The molecule has 2 bridgehead atoms. The second-order valence-electron chi connectivity index (χ2n) is 7.16. The van der Waals surface area contributed by atoms with Crippen LogP contribution in [0.25, 0.3) is 0 Å². The van der Waals surface area contributed by atoms with Gasteiger partial charge in [0.25, 0.3) is 0 Å². The molecule has 4 aliphatic carbocycles. The normalized spacial score (nSPS) is 38.0. The number of carbonyl (C=O) groups excluding carboxylic acids is 2. The number of rotatable bonds is 1. The van der Waals surface area contributed by atoms with Crippen LogP contribution >= 0.6 is 0 Å². The molecule has 1 saturated heterocycles. The van der Waals surface area contributed by atoms with Crippen molar-refractivity contribution in [1.29, 1.82) is 0 Å². The summed E-state index contributed by atoms with van der Waals surface area (Å²) in [7, 11) is 0. The van der Waals surface area contributed by atoms with Gasteiger partial charge in [-0.3, -0.25) is 9.59 Å². The number of nitrogens with zero attached hydrogens (tertiary/aromatic N) is 1. The lowest BCUT2D eigenvalue weighted by Crippen LogP contribution is -2.50. The summed E-state index contributed by atoms with van der Waals surface area (Å²) in [6, 6.07) is 4.80. The zero-order valence-corrected chi connectivity index (χ0v) is 13.0. The molecule has 3 nitrogen and oxygen atoms in total. The minimum Gasteiger partial charge on any atom is -0.274 e. The third-order valence-corrected chi connectivity index (χ3v) is 6.12. The number of allylic oxidation sites excluding steroid dienone is 4. The Hall–Kier alpha value is -2.37. The molecule has 128 valence electrons. The maximum Gasteiger partial charge on any atom is 0.418 e. The quantitative estimate of drug-likeness (QED) is 0.578. The van der Waals surface area contributed by atoms with Crippen LogP contribution in [0.5, 0.6) is 0 Å². The average Bonchev–Trinajstić information content (AvgIpc) is 2.79. The first-order valence-electron chi connectivity index (χ1n) is 8.30. The number of anilines is 1. The smallest absolute Gasteiger partial charge is 0.274 e. The number of carbonyl (C=O) groups is 2. The standard InChI is InChI=1S/C19H14F3NO2/c20-19(21,22)13-3-1-2-4-14(13)23-17(24)15-11-7-8-12(16(15)18(23)25)10-6-5-9(10)11/h1-12,15-16H/t9?,10?,11?,12?,15-,16+. The minimum absolute atomic E-state index is 0.0931. The Morgan fingerprint density at radius 2 is 1.24 bits per heavy atom. The monoisotopic (exact) mass is 345 g/mol. The minimum atomic E-state index is -4.62. The van der Waals surface area contributed by atoms with Crippen molar-refractivity contribution in [2.75, 3.05) is 4.90 Å². The fourth-order valence-electron chi connectivity index (χ4n) is 5.04. The summed E-state index contributed by atoms with van der Waals surface area (Å²) in [5.41, 5.74) is -1.30. The zero-order valence-electron chi connectivity index (χ0n) is 13.0. The molecule has 1 aliphatic heterocycles. The predicted octanol–water partition coefficient (Wildman–Crippen LogP) is 3.43. The molecule has 1 aromatic rings. The van der Waals surface area contributed by atoms with E-state index in [2.05, 4.69) is 0 Å². The molecule has 1 saturated carbocycles. The van der Waals surface area contributed by atoms with E-state index < -0.39 is 35.4 Å². The van der Waals surface area contributed by atoms with Crippen LogP contribution in [-0.2, 0) is 15.8 Å². The van der Waals surface area contributed by atoms with Crippen molar-refractivity contribution in [3.63, 3.8) is 0 Å². The molecule has 6 heteroatoms. The highest BCUT2D eigenvalue weighted by atomic mass is 19.4. The number of para-hydroxylation sites is 1. The van der Waals surface area contributed by atoms with Gasteiger partial charge in [0.1, 0.15) is 0 Å². The van der Waals surface area contributed by atoms with E-state index in [1.165, 1.54) is 18.2 Å². The first-order chi connectivity index (χ1) is 11.9. The Morgan fingerprint density at radius 3 is 1.72 bits per heavy atom. The zero-order chi connectivity index (χ0) is 17.5. The molecule has 0 spiro atoms. The molecule has 6 atom stereocenters. The molecule has 1 aromatic carbocycles. The number of alkyl halides is 3. The fourth-order valence-corrected chi connectivity index (χ4v) is 5.04. The number of benzene rings is 1. The highest BCUT2D eigenvalue weighted by Gasteiger charge is 2.63. The van der Waals surface area contributed by atoms with E-state index in [-0.39, 0.29) is 29.4 Å². The van der Waals surface area contributed by atoms with Crippen LogP contribution in [0.4, 0.5) is 18.9 Å². The molecule has 2 fully saturated rings. The summed E-state index contributed by atoms with van der Waals surface area (Å²) in [5.74, 6) is -1.81. The Kier molecular flexibility index (Phi) is 2.76. The molecule has 0 N–H and O–H groups in total. The van der Waals surface area contributed by atoms with Crippen LogP contribution in [0.2, 0.25) is 0 Å². The fraction of sp³-hybridized carbons (Fsp3) is 0.368. The Balaban J connectivity index is 1.61. The van der Waals surface area contributed by atoms with Gasteiger partial charge in [0.05, 0.1) is 23.1 Å². The lowest BCUT2D eigenvalue weighted by atomic mass is 9.50. The van der Waals surface area contributed by atoms with E-state index in [1.807, 2.05) is 24.3 Å². The van der Waals surface area contributed by atoms with Gasteiger partial charge in [0.15, 0.2) is 0 Å². The molecular formula is C19H14F3NO2. The van der Waals surface area contributed by atoms with Crippen LogP contribution in [0.15, 0.2) is 48.6 Å². The average molecular weight is 345 g/mol. The topological polar surface area (TPSA) is 37.4 Å². The summed E-state index contributed by atoms with van der Waals surface area (Å²) >= 11 is 0. The van der Waals surface area contributed by atoms with Crippen molar-refractivity contribution in [2.24, 2.45) is 35.5 Å². The van der Waals surface area contributed by atoms with Crippen molar-refractivity contribution in [1.82, 2.24) is 0 Å².